The van der Waals surface area contributed by atoms with E-state index in [2.05, 4.69) is 11.9 Å². The number of phenolic OH excluding ortho intramolecular Hbond substituents is 1. The second kappa shape index (κ2) is 7.48. The summed E-state index contributed by atoms with van der Waals surface area (Å²) >= 11 is 0. The molecule has 8 nitrogen and oxygen atoms in total. The first kappa shape index (κ1) is 22.1. The molecule has 5 atom stereocenters. The standard InChI is InChI=1S/C24H27NO7/c1-12-13-5-9-24(21(12)30)10-6-17(27)23(2,16(24)11-13)8-7-18(28)25-19-15(26)4-3-14(20(19)29)22(31)32/h3-4,6,10,13,16,21,26,29-30H,1,5,7-9,11H2,2H3,(H,25,28)(H,31,32)/t13-,16-,21-,23-,24-/m0/s1. The Morgan fingerprint density at radius 1 is 1.28 bits per heavy atom. The summed E-state index contributed by atoms with van der Waals surface area (Å²) in [7, 11) is 0. The molecule has 0 aliphatic heterocycles. The number of allylic oxidation sites excluding steroid dienone is 1. The van der Waals surface area contributed by atoms with Gasteiger partial charge in [0.25, 0.3) is 0 Å². The third-order valence-electron chi connectivity index (χ3n) is 7.88. The number of phenols is 2. The number of aromatic hydroxyl groups is 2. The average Bonchev–Trinajstić information content (AvgIpc) is 2.75. The topological polar surface area (TPSA) is 144 Å². The number of rotatable bonds is 5. The Balaban J connectivity index is 1.54. The molecule has 1 spiro atoms. The van der Waals surface area contributed by atoms with Crippen molar-refractivity contribution in [2.45, 2.75) is 45.1 Å². The number of aliphatic hydroxyl groups is 1. The molecule has 2 bridgehead atoms. The number of nitrogens with one attached hydrogen (secondary N) is 1. The lowest BCUT2D eigenvalue weighted by molar-refractivity contribution is -0.145. The second-order valence-corrected chi connectivity index (χ2v) is 9.44. The number of hydrogen-bond donors (Lipinski definition) is 5. The molecule has 0 saturated heterocycles. The summed E-state index contributed by atoms with van der Waals surface area (Å²) in [5.41, 5.74) is -1.44. The molecule has 0 aromatic heterocycles. The van der Waals surface area contributed by atoms with Crippen LogP contribution in [0.4, 0.5) is 5.69 Å². The van der Waals surface area contributed by atoms with Crippen LogP contribution in [0.5, 0.6) is 11.5 Å². The summed E-state index contributed by atoms with van der Waals surface area (Å²) in [6.07, 6.45) is 5.17. The van der Waals surface area contributed by atoms with Gasteiger partial charge in [-0.2, -0.15) is 0 Å². The fourth-order valence-corrected chi connectivity index (χ4v) is 5.94. The molecule has 0 heterocycles. The van der Waals surface area contributed by atoms with Gasteiger partial charge in [0.05, 0.1) is 6.10 Å². The van der Waals surface area contributed by atoms with Crippen molar-refractivity contribution < 1.29 is 34.8 Å². The van der Waals surface area contributed by atoms with Gasteiger partial charge in [0.15, 0.2) is 11.5 Å². The van der Waals surface area contributed by atoms with Gasteiger partial charge in [-0.1, -0.05) is 19.6 Å². The number of carbonyl (C=O) groups is 3. The quantitative estimate of drug-likeness (QED) is 0.349. The maximum atomic E-state index is 13.0. The minimum Gasteiger partial charge on any atom is -0.506 e. The van der Waals surface area contributed by atoms with Crippen LogP contribution in [0.1, 0.15) is 49.4 Å². The van der Waals surface area contributed by atoms with E-state index in [9.17, 15) is 29.7 Å². The van der Waals surface area contributed by atoms with Gasteiger partial charge in [0.2, 0.25) is 5.91 Å². The van der Waals surface area contributed by atoms with E-state index < -0.39 is 45.9 Å². The van der Waals surface area contributed by atoms with E-state index in [0.717, 1.165) is 37.0 Å². The minimum absolute atomic E-state index is 0.0828. The molecular formula is C24H27NO7. The molecule has 8 heteroatoms. The number of carbonyl (C=O) groups excluding carboxylic acids is 2. The molecule has 3 fully saturated rings. The molecule has 5 rings (SSSR count). The van der Waals surface area contributed by atoms with Crippen LogP contribution >= 0.6 is 0 Å². The van der Waals surface area contributed by atoms with Gasteiger partial charge in [-0.05, 0) is 61.3 Å². The third kappa shape index (κ3) is 3.12. The van der Waals surface area contributed by atoms with Gasteiger partial charge >= 0.3 is 5.97 Å². The lowest BCUT2D eigenvalue weighted by Crippen LogP contribution is -2.60. The first-order valence-corrected chi connectivity index (χ1v) is 10.7. The number of carboxylic acids is 1. The number of fused-ring (bicyclic) bond motifs is 2. The number of benzene rings is 1. The molecule has 5 N–H and O–H groups in total. The van der Waals surface area contributed by atoms with Gasteiger partial charge in [-0.3, -0.25) is 9.59 Å². The molecule has 0 radical (unpaired) electrons. The summed E-state index contributed by atoms with van der Waals surface area (Å²) in [4.78, 5) is 36.8. The zero-order valence-corrected chi connectivity index (χ0v) is 17.8. The Kier molecular flexibility index (Phi) is 5.16. The lowest BCUT2D eigenvalue weighted by atomic mass is 9.43. The number of amides is 1. The predicted octanol–water partition coefficient (Wildman–Crippen LogP) is 2.99. The highest BCUT2D eigenvalue weighted by Crippen LogP contribution is 2.64. The predicted molar refractivity (Wildman–Crippen MR) is 115 cm³/mol. The molecule has 4 aliphatic rings. The maximum Gasteiger partial charge on any atom is 0.339 e. The van der Waals surface area contributed by atoms with E-state index in [-0.39, 0.29) is 36.1 Å². The molecule has 4 aliphatic carbocycles. The van der Waals surface area contributed by atoms with E-state index in [4.69, 9.17) is 5.11 Å². The highest BCUT2D eigenvalue weighted by atomic mass is 16.4. The van der Waals surface area contributed by atoms with E-state index >= 15 is 0 Å². The average molecular weight is 441 g/mol. The molecule has 1 aromatic carbocycles. The van der Waals surface area contributed by atoms with Gasteiger partial charge < -0.3 is 25.7 Å². The van der Waals surface area contributed by atoms with Crippen molar-refractivity contribution in [1.82, 2.24) is 0 Å². The first-order chi connectivity index (χ1) is 15.0. The van der Waals surface area contributed by atoms with Gasteiger partial charge in [0.1, 0.15) is 17.0 Å². The Morgan fingerprint density at radius 3 is 2.69 bits per heavy atom. The summed E-state index contributed by atoms with van der Waals surface area (Å²) in [6.45, 7) is 5.89. The Hall–Kier alpha value is -3.13. The van der Waals surface area contributed by atoms with Crippen molar-refractivity contribution in [3.8, 4) is 11.5 Å². The smallest absolute Gasteiger partial charge is 0.339 e. The Labute approximate surface area is 185 Å². The summed E-state index contributed by atoms with van der Waals surface area (Å²) in [6, 6.07) is 2.11. The number of aromatic carboxylic acids is 1. The zero-order chi connectivity index (χ0) is 23.4. The number of ketones is 1. The van der Waals surface area contributed by atoms with E-state index in [1.807, 2.05) is 13.0 Å². The Bertz CT molecular complexity index is 1060. The fraction of sp³-hybridized carbons (Fsp3) is 0.458. The number of carboxylic acid groups (broad SMARTS) is 1. The van der Waals surface area contributed by atoms with Crippen LogP contribution in [-0.2, 0) is 9.59 Å². The number of aliphatic hydroxyl groups excluding tert-OH is 1. The van der Waals surface area contributed by atoms with Crippen molar-refractivity contribution in [1.29, 1.82) is 0 Å². The summed E-state index contributed by atoms with van der Waals surface area (Å²) in [5, 5.41) is 42.5. The van der Waals surface area contributed by atoms with Crippen LogP contribution in [0, 0.1) is 22.7 Å². The molecule has 0 unspecified atom stereocenters. The van der Waals surface area contributed by atoms with Crippen LogP contribution in [0.3, 0.4) is 0 Å². The third-order valence-corrected chi connectivity index (χ3v) is 7.88. The van der Waals surface area contributed by atoms with Crippen molar-refractivity contribution in [3.63, 3.8) is 0 Å². The summed E-state index contributed by atoms with van der Waals surface area (Å²) < 4.78 is 0. The Morgan fingerprint density at radius 2 is 2.00 bits per heavy atom. The zero-order valence-electron chi connectivity index (χ0n) is 17.8. The molecular weight excluding hydrogens is 414 g/mol. The van der Waals surface area contributed by atoms with Gasteiger partial charge in [0, 0.05) is 17.3 Å². The monoisotopic (exact) mass is 441 g/mol. The lowest BCUT2D eigenvalue weighted by Gasteiger charge is -2.61. The van der Waals surface area contributed by atoms with E-state index in [1.165, 1.54) is 6.08 Å². The first-order valence-electron chi connectivity index (χ1n) is 10.7. The normalized spacial score (nSPS) is 33.1. The minimum atomic E-state index is -1.40. The van der Waals surface area contributed by atoms with Crippen molar-refractivity contribution in [2.24, 2.45) is 22.7 Å². The molecule has 170 valence electrons. The van der Waals surface area contributed by atoms with Crippen LogP contribution < -0.4 is 5.32 Å². The maximum absolute atomic E-state index is 13.0. The van der Waals surface area contributed by atoms with Crippen LogP contribution in [0.25, 0.3) is 0 Å². The van der Waals surface area contributed by atoms with Crippen molar-refractivity contribution in [3.05, 3.63) is 42.0 Å². The number of anilines is 1. The molecule has 1 aromatic rings. The van der Waals surface area contributed by atoms with E-state index in [1.54, 1.807) is 0 Å². The van der Waals surface area contributed by atoms with Crippen LogP contribution in [-0.4, -0.2) is 44.2 Å². The SMILES string of the molecule is C=C1[C@H]2CC[C@@]3(C=CC(=O)[C@@](C)(CCC(=O)Nc4c(O)ccc(C(=O)O)c4O)[C@@H]3C2)[C@H]1O. The molecule has 1 amide bonds. The van der Waals surface area contributed by atoms with E-state index in [0.29, 0.717) is 0 Å². The molecule has 32 heavy (non-hydrogen) atoms. The van der Waals surface area contributed by atoms with Gasteiger partial charge in [-0.15, -0.1) is 0 Å². The highest BCUT2D eigenvalue weighted by Gasteiger charge is 2.62. The number of hydrogen-bond acceptors (Lipinski definition) is 6. The van der Waals surface area contributed by atoms with Crippen molar-refractivity contribution >= 4 is 23.3 Å². The van der Waals surface area contributed by atoms with Crippen LogP contribution in [0.2, 0.25) is 0 Å². The highest BCUT2D eigenvalue weighted by molar-refractivity contribution is 6.00. The largest absolute Gasteiger partial charge is 0.506 e. The molecule has 3 saturated carbocycles. The fourth-order valence-electron chi connectivity index (χ4n) is 5.94. The second-order valence-electron chi connectivity index (χ2n) is 9.44. The summed E-state index contributed by atoms with van der Waals surface area (Å²) in [5.74, 6) is -3.24. The van der Waals surface area contributed by atoms with Gasteiger partial charge in [-0.25, -0.2) is 4.79 Å². The van der Waals surface area contributed by atoms with Crippen LogP contribution in [0.15, 0.2) is 36.4 Å². The van der Waals surface area contributed by atoms with Crippen molar-refractivity contribution in [2.75, 3.05) is 5.32 Å².